The number of fused-ring (bicyclic) bond motifs is 1. The van der Waals surface area contributed by atoms with Gasteiger partial charge in [-0.05, 0) is 56.2 Å². The molecule has 0 saturated carbocycles. The standard InChI is InChI=1S/C25H22ClFN4O3S/c1-14-7-8-16(11-20(14)26)28-25(32)19-12-22(18-5-3-4-6-21(18)27)29-24-23(19)15(2)30-31(24)17-9-10-35(33,34)13-17/h3-8,11-12,17H,9-10,13H2,1-2H3,(H,28,32). The van der Waals surface area contributed by atoms with Gasteiger partial charge in [0.2, 0.25) is 0 Å². The largest absolute Gasteiger partial charge is 0.322 e. The van der Waals surface area contributed by atoms with Crippen molar-refractivity contribution in [2.75, 3.05) is 16.8 Å². The number of pyridine rings is 1. The molecule has 0 radical (unpaired) electrons. The number of amides is 1. The molecule has 35 heavy (non-hydrogen) atoms. The fourth-order valence-electron chi connectivity index (χ4n) is 4.39. The number of carbonyl (C=O) groups is 1. The van der Waals surface area contributed by atoms with Crippen molar-refractivity contribution in [2.45, 2.75) is 26.3 Å². The van der Waals surface area contributed by atoms with Gasteiger partial charge in [0.15, 0.2) is 15.5 Å². The van der Waals surface area contributed by atoms with Gasteiger partial charge >= 0.3 is 0 Å². The molecule has 1 fully saturated rings. The van der Waals surface area contributed by atoms with Crippen molar-refractivity contribution < 1.29 is 17.6 Å². The van der Waals surface area contributed by atoms with Crippen molar-refractivity contribution in [1.82, 2.24) is 14.8 Å². The van der Waals surface area contributed by atoms with Crippen LogP contribution in [0.1, 0.15) is 34.1 Å². The van der Waals surface area contributed by atoms with E-state index in [-0.39, 0.29) is 28.3 Å². The third-order valence-electron chi connectivity index (χ3n) is 6.22. The Kier molecular flexibility index (Phi) is 5.85. The summed E-state index contributed by atoms with van der Waals surface area (Å²) in [5.74, 6) is -0.913. The van der Waals surface area contributed by atoms with Crippen LogP contribution in [0.5, 0.6) is 0 Å². The highest BCUT2D eigenvalue weighted by atomic mass is 35.5. The van der Waals surface area contributed by atoms with Crippen LogP contribution in [0.3, 0.4) is 0 Å². The van der Waals surface area contributed by atoms with Crippen molar-refractivity contribution in [1.29, 1.82) is 0 Å². The van der Waals surface area contributed by atoms with E-state index in [2.05, 4.69) is 15.4 Å². The number of halogens is 2. The molecule has 0 bridgehead atoms. The maximum Gasteiger partial charge on any atom is 0.256 e. The Morgan fingerprint density at radius 2 is 1.94 bits per heavy atom. The zero-order valence-electron chi connectivity index (χ0n) is 19.0. The molecule has 1 saturated heterocycles. The smallest absolute Gasteiger partial charge is 0.256 e. The molecule has 10 heteroatoms. The van der Waals surface area contributed by atoms with E-state index in [4.69, 9.17) is 11.6 Å². The second kappa shape index (κ2) is 8.73. The molecule has 5 rings (SSSR count). The minimum atomic E-state index is -3.19. The first-order chi connectivity index (χ1) is 16.6. The Bertz CT molecular complexity index is 1600. The molecule has 180 valence electrons. The minimum absolute atomic E-state index is 0.0573. The molecule has 7 nitrogen and oxygen atoms in total. The van der Waals surface area contributed by atoms with Gasteiger partial charge in [-0.2, -0.15) is 5.10 Å². The van der Waals surface area contributed by atoms with Gasteiger partial charge in [-0.15, -0.1) is 0 Å². The highest BCUT2D eigenvalue weighted by Gasteiger charge is 2.32. The summed E-state index contributed by atoms with van der Waals surface area (Å²) in [7, 11) is -3.19. The van der Waals surface area contributed by atoms with Crippen LogP contribution in [0, 0.1) is 19.7 Å². The lowest BCUT2D eigenvalue weighted by Gasteiger charge is -2.13. The Balaban J connectivity index is 1.69. The Hall–Kier alpha value is -3.30. The summed E-state index contributed by atoms with van der Waals surface area (Å²) in [6.45, 7) is 3.61. The molecule has 1 amide bonds. The first-order valence-corrected chi connectivity index (χ1v) is 13.3. The number of rotatable bonds is 4. The number of aryl methyl sites for hydroxylation is 2. The fourth-order valence-corrected chi connectivity index (χ4v) is 6.26. The topological polar surface area (TPSA) is 93.9 Å². The molecule has 1 aliphatic rings. The number of benzene rings is 2. The summed E-state index contributed by atoms with van der Waals surface area (Å²) in [6.07, 6.45) is 0.396. The predicted octanol–water partition coefficient (Wildman–Crippen LogP) is 5.12. The SMILES string of the molecule is Cc1ccc(NC(=O)c2cc(-c3ccccc3F)nc3c2c(C)nn3C2CCS(=O)(=O)C2)cc1Cl. The zero-order valence-corrected chi connectivity index (χ0v) is 20.6. The van der Waals surface area contributed by atoms with Gasteiger partial charge in [-0.1, -0.05) is 29.8 Å². The number of anilines is 1. The van der Waals surface area contributed by atoms with Gasteiger partial charge in [0.05, 0.1) is 39.9 Å². The lowest BCUT2D eigenvalue weighted by molar-refractivity contribution is 0.102. The summed E-state index contributed by atoms with van der Waals surface area (Å²) >= 11 is 6.22. The quantitative estimate of drug-likeness (QED) is 0.409. The molecule has 0 spiro atoms. The number of nitrogens with one attached hydrogen (secondary N) is 1. The average molecular weight is 513 g/mol. The van der Waals surface area contributed by atoms with Gasteiger partial charge in [0.25, 0.3) is 5.91 Å². The number of nitrogens with zero attached hydrogens (tertiary/aromatic N) is 3. The van der Waals surface area contributed by atoms with Crippen molar-refractivity contribution in [3.05, 3.63) is 76.2 Å². The fraction of sp³-hybridized carbons (Fsp3) is 0.240. The molecule has 1 N–H and O–H groups in total. The van der Waals surface area contributed by atoms with E-state index < -0.39 is 27.6 Å². The highest BCUT2D eigenvalue weighted by Crippen LogP contribution is 2.33. The average Bonchev–Trinajstić information content (AvgIpc) is 3.34. The van der Waals surface area contributed by atoms with Crippen LogP contribution in [-0.4, -0.2) is 40.6 Å². The van der Waals surface area contributed by atoms with Gasteiger partial charge < -0.3 is 5.32 Å². The second-order valence-corrected chi connectivity index (χ2v) is 11.4. The summed E-state index contributed by atoms with van der Waals surface area (Å²) in [4.78, 5) is 18.1. The summed E-state index contributed by atoms with van der Waals surface area (Å²) < 4.78 is 40.5. The minimum Gasteiger partial charge on any atom is -0.322 e. The third-order valence-corrected chi connectivity index (χ3v) is 8.37. The molecule has 3 heterocycles. The van der Waals surface area contributed by atoms with Crippen molar-refractivity contribution in [3.63, 3.8) is 0 Å². The number of hydrogen-bond donors (Lipinski definition) is 1. The first kappa shape index (κ1) is 23.4. The molecule has 4 aromatic rings. The number of sulfone groups is 1. The van der Waals surface area contributed by atoms with E-state index in [0.29, 0.717) is 33.9 Å². The van der Waals surface area contributed by atoms with Crippen LogP contribution in [0.15, 0.2) is 48.5 Å². The molecular weight excluding hydrogens is 491 g/mol. The van der Waals surface area contributed by atoms with Crippen LogP contribution in [0.4, 0.5) is 10.1 Å². The monoisotopic (exact) mass is 512 g/mol. The zero-order chi connectivity index (χ0) is 24.9. The van der Waals surface area contributed by atoms with E-state index in [0.717, 1.165) is 5.56 Å². The van der Waals surface area contributed by atoms with Gasteiger partial charge in [-0.25, -0.2) is 22.5 Å². The van der Waals surface area contributed by atoms with Crippen LogP contribution in [-0.2, 0) is 9.84 Å². The summed E-state index contributed by atoms with van der Waals surface area (Å²) in [6, 6.07) is 12.5. The summed E-state index contributed by atoms with van der Waals surface area (Å²) in [5.41, 5.74) is 3.00. The number of carbonyl (C=O) groups excluding carboxylic acids is 1. The van der Waals surface area contributed by atoms with E-state index in [1.807, 2.05) is 6.92 Å². The van der Waals surface area contributed by atoms with Gasteiger partial charge in [0.1, 0.15) is 5.82 Å². The molecule has 1 atom stereocenters. The predicted molar refractivity (Wildman–Crippen MR) is 134 cm³/mol. The van der Waals surface area contributed by atoms with Gasteiger partial charge in [0, 0.05) is 16.3 Å². The first-order valence-electron chi connectivity index (χ1n) is 11.1. The third kappa shape index (κ3) is 4.41. The van der Waals surface area contributed by atoms with Crippen LogP contribution in [0.2, 0.25) is 5.02 Å². The second-order valence-electron chi connectivity index (χ2n) is 8.74. The van der Waals surface area contributed by atoms with Gasteiger partial charge in [-0.3, -0.25) is 4.79 Å². The molecule has 2 aromatic heterocycles. The van der Waals surface area contributed by atoms with Crippen LogP contribution < -0.4 is 5.32 Å². The van der Waals surface area contributed by atoms with Crippen molar-refractivity contribution in [2.24, 2.45) is 0 Å². The number of hydrogen-bond acceptors (Lipinski definition) is 5. The molecule has 1 unspecified atom stereocenters. The molecule has 0 aliphatic carbocycles. The maximum absolute atomic E-state index is 14.7. The molecule has 2 aromatic carbocycles. The van der Waals surface area contributed by atoms with Crippen LogP contribution >= 0.6 is 11.6 Å². The Morgan fingerprint density at radius 3 is 2.63 bits per heavy atom. The molecular formula is C25H22ClFN4O3S. The molecule has 1 aliphatic heterocycles. The van der Waals surface area contributed by atoms with Crippen molar-refractivity contribution >= 4 is 44.1 Å². The number of aromatic nitrogens is 3. The van der Waals surface area contributed by atoms with Crippen LogP contribution in [0.25, 0.3) is 22.3 Å². The Labute approximate surface area is 206 Å². The lowest BCUT2D eigenvalue weighted by Crippen LogP contribution is -2.15. The Morgan fingerprint density at radius 1 is 1.17 bits per heavy atom. The maximum atomic E-state index is 14.7. The summed E-state index contributed by atoms with van der Waals surface area (Å²) in [5, 5.41) is 8.42. The highest BCUT2D eigenvalue weighted by molar-refractivity contribution is 7.91. The van der Waals surface area contributed by atoms with E-state index >= 15 is 0 Å². The van der Waals surface area contributed by atoms with E-state index in [1.54, 1.807) is 48.0 Å². The van der Waals surface area contributed by atoms with E-state index in [1.165, 1.54) is 12.1 Å². The van der Waals surface area contributed by atoms with E-state index in [9.17, 15) is 17.6 Å². The van der Waals surface area contributed by atoms with Crippen molar-refractivity contribution in [3.8, 4) is 11.3 Å². The lowest BCUT2D eigenvalue weighted by atomic mass is 10.0. The normalized spacial score (nSPS) is 17.1.